The SMILES string of the molecule is O=C(Nc1ccc(I)cc1)c1ccc(-n2nc(C(F)(F)F)cc2-c2cccs2)cc1. The molecule has 152 valence electrons. The van der Waals surface area contributed by atoms with Gasteiger partial charge in [-0.15, -0.1) is 11.3 Å². The first-order chi connectivity index (χ1) is 14.3. The fourth-order valence-electron chi connectivity index (χ4n) is 2.81. The summed E-state index contributed by atoms with van der Waals surface area (Å²) >= 11 is 3.50. The van der Waals surface area contributed by atoms with Gasteiger partial charge in [-0.1, -0.05) is 6.07 Å². The van der Waals surface area contributed by atoms with Gasteiger partial charge in [0.05, 0.1) is 16.3 Å². The molecule has 1 N–H and O–H groups in total. The number of hydrogen-bond acceptors (Lipinski definition) is 3. The van der Waals surface area contributed by atoms with E-state index >= 15 is 0 Å². The lowest BCUT2D eigenvalue weighted by molar-refractivity contribution is -0.141. The van der Waals surface area contributed by atoms with Crippen LogP contribution in [0.3, 0.4) is 0 Å². The highest BCUT2D eigenvalue weighted by Crippen LogP contribution is 2.34. The van der Waals surface area contributed by atoms with Crippen molar-refractivity contribution in [2.24, 2.45) is 0 Å². The van der Waals surface area contributed by atoms with E-state index in [-0.39, 0.29) is 5.91 Å². The van der Waals surface area contributed by atoms with Crippen LogP contribution in [0.5, 0.6) is 0 Å². The van der Waals surface area contributed by atoms with Gasteiger partial charge >= 0.3 is 6.18 Å². The minimum Gasteiger partial charge on any atom is -0.322 e. The van der Waals surface area contributed by atoms with E-state index in [4.69, 9.17) is 0 Å². The molecule has 0 bridgehead atoms. The summed E-state index contributed by atoms with van der Waals surface area (Å²) in [5.74, 6) is -0.308. The van der Waals surface area contributed by atoms with E-state index in [1.165, 1.54) is 16.0 Å². The monoisotopic (exact) mass is 539 g/mol. The Balaban J connectivity index is 1.63. The number of nitrogens with zero attached hydrogens (tertiary/aromatic N) is 2. The summed E-state index contributed by atoms with van der Waals surface area (Å²) in [4.78, 5) is 13.1. The molecule has 0 unspecified atom stereocenters. The quantitative estimate of drug-likeness (QED) is 0.302. The zero-order valence-corrected chi connectivity index (χ0v) is 18.1. The topological polar surface area (TPSA) is 46.9 Å². The van der Waals surface area contributed by atoms with Crippen LogP contribution in [-0.4, -0.2) is 15.7 Å². The van der Waals surface area contributed by atoms with E-state index in [0.29, 0.717) is 27.5 Å². The molecule has 9 heteroatoms. The summed E-state index contributed by atoms with van der Waals surface area (Å²) in [5, 5.41) is 8.34. The van der Waals surface area contributed by atoms with Gasteiger partial charge in [0.1, 0.15) is 0 Å². The first kappa shape index (κ1) is 20.6. The standard InChI is InChI=1S/C21H13F3IN3OS/c22-21(23,24)19-12-17(18-2-1-11-30-18)28(27-19)16-9-3-13(4-10-16)20(29)26-15-7-5-14(25)6-8-15/h1-12H,(H,26,29). The Morgan fingerprint density at radius 1 is 1.03 bits per heavy atom. The fraction of sp³-hybridized carbons (Fsp3) is 0.0476. The van der Waals surface area contributed by atoms with Gasteiger partial charge in [-0.3, -0.25) is 4.79 Å². The van der Waals surface area contributed by atoms with Crippen molar-refractivity contribution in [3.8, 4) is 16.3 Å². The Morgan fingerprint density at radius 2 is 1.73 bits per heavy atom. The van der Waals surface area contributed by atoms with Crippen LogP contribution in [0.4, 0.5) is 18.9 Å². The van der Waals surface area contributed by atoms with Crippen molar-refractivity contribution in [3.63, 3.8) is 0 Å². The normalized spacial score (nSPS) is 11.5. The highest BCUT2D eigenvalue weighted by atomic mass is 127. The number of hydrogen-bond donors (Lipinski definition) is 1. The molecule has 0 fully saturated rings. The van der Waals surface area contributed by atoms with Crippen LogP contribution in [-0.2, 0) is 6.18 Å². The molecule has 2 aromatic carbocycles. The molecule has 0 aliphatic heterocycles. The third-order valence-electron chi connectivity index (χ3n) is 4.25. The number of alkyl halides is 3. The Bertz CT molecular complexity index is 1170. The maximum absolute atomic E-state index is 13.2. The lowest BCUT2D eigenvalue weighted by Gasteiger charge is -2.09. The van der Waals surface area contributed by atoms with E-state index < -0.39 is 11.9 Å². The summed E-state index contributed by atoms with van der Waals surface area (Å²) in [6, 6.07) is 18.2. The number of aromatic nitrogens is 2. The number of amides is 1. The smallest absolute Gasteiger partial charge is 0.322 e. The maximum atomic E-state index is 13.2. The zero-order valence-electron chi connectivity index (χ0n) is 15.2. The molecule has 2 aromatic heterocycles. The average molecular weight is 539 g/mol. The van der Waals surface area contributed by atoms with Crippen molar-refractivity contribution in [1.82, 2.24) is 9.78 Å². The average Bonchev–Trinajstić information content (AvgIpc) is 3.39. The van der Waals surface area contributed by atoms with Crippen LogP contribution < -0.4 is 5.32 Å². The molecule has 0 saturated heterocycles. The molecule has 0 saturated carbocycles. The van der Waals surface area contributed by atoms with Crippen molar-refractivity contribution in [2.45, 2.75) is 6.18 Å². The van der Waals surface area contributed by atoms with Crippen molar-refractivity contribution in [2.75, 3.05) is 5.32 Å². The van der Waals surface area contributed by atoms with E-state index in [0.717, 1.165) is 9.64 Å². The Kier molecular flexibility index (Phi) is 5.65. The molecule has 4 rings (SSSR count). The summed E-state index contributed by atoms with van der Waals surface area (Å²) < 4.78 is 41.9. The first-order valence-electron chi connectivity index (χ1n) is 8.70. The Labute approximate surface area is 187 Å². The predicted octanol–water partition coefficient (Wildman–Crippen LogP) is 6.48. The van der Waals surface area contributed by atoms with Crippen LogP contribution >= 0.6 is 33.9 Å². The van der Waals surface area contributed by atoms with Crippen LogP contribution in [0, 0.1) is 3.57 Å². The molecule has 0 atom stereocenters. The number of benzene rings is 2. The van der Waals surface area contributed by atoms with Gasteiger partial charge < -0.3 is 5.32 Å². The van der Waals surface area contributed by atoms with Gasteiger partial charge in [-0.25, -0.2) is 4.68 Å². The summed E-state index contributed by atoms with van der Waals surface area (Å²) in [6.45, 7) is 0. The van der Waals surface area contributed by atoms with Gasteiger partial charge in [0.2, 0.25) is 0 Å². The van der Waals surface area contributed by atoms with E-state index in [1.807, 2.05) is 12.1 Å². The molecule has 1 amide bonds. The lowest BCUT2D eigenvalue weighted by Crippen LogP contribution is -2.12. The van der Waals surface area contributed by atoms with E-state index in [1.54, 1.807) is 53.9 Å². The van der Waals surface area contributed by atoms with Gasteiger partial charge in [0.25, 0.3) is 5.91 Å². The number of nitrogens with one attached hydrogen (secondary N) is 1. The second-order valence-corrected chi connectivity index (χ2v) is 8.50. The van der Waals surface area contributed by atoms with Crippen LogP contribution in [0.25, 0.3) is 16.3 Å². The zero-order chi connectivity index (χ0) is 21.3. The minimum absolute atomic E-state index is 0.308. The summed E-state index contributed by atoms with van der Waals surface area (Å²) in [6.07, 6.45) is -4.55. The molecule has 0 spiro atoms. The van der Waals surface area contributed by atoms with Crippen molar-refractivity contribution >= 4 is 45.5 Å². The predicted molar refractivity (Wildman–Crippen MR) is 119 cm³/mol. The van der Waals surface area contributed by atoms with Gasteiger partial charge in [0.15, 0.2) is 5.69 Å². The summed E-state index contributed by atoms with van der Waals surface area (Å²) in [7, 11) is 0. The summed E-state index contributed by atoms with van der Waals surface area (Å²) in [5.41, 5.74) is 0.851. The van der Waals surface area contributed by atoms with Gasteiger partial charge in [-0.05, 0) is 88.6 Å². The number of halogens is 4. The highest BCUT2D eigenvalue weighted by molar-refractivity contribution is 14.1. The molecule has 4 nitrogen and oxygen atoms in total. The maximum Gasteiger partial charge on any atom is 0.435 e. The first-order valence-corrected chi connectivity index (χ1v) is 10.7. The van der Waals surface area contributed by atoms with Crippen LogP contribution in [0.2, 0.25) is 0 Å². The van der Waals surface area contributed by atoms with Crippen LogP contribution in [0.1, 0.15) is 16.1 Å². The van der Waals surface area contributed by atoms with Gasteiger partial charge in [0, 0.05) is 14.8 Å². The molecule has 0 aliphatic rings. The largest absolute Gasteiger partial charge is 0.435 e. The molecule has 0 aliphatic carbocycles. The second kappa shape index (κ2) is 8.23. The number of carbonyl (C=O) groups excluding carboxylic acids is 1. The fourth-order valence-corrected chi connectivity index (χ4v) is 3.89. The molecule has 0 radical (unpaired) electrons. The van der Waals surface area contributed by atoms with Crippen LogP contribution in [0.15, 0.2) is 72.1 Å². The molecular weight excluding hydrogens is 526 g/mol. The van der Waals surface area contributed by atoms with E-state index in [9.17, 15) is 18.0 Å². The lowest BCUT2D eigenvalue weighted by atomic mass is 10.2. The molecule has 2 heterocycles. The molecule has 30 heavy (non-hydrogen) atoms. The number of carbonyl (C=O) groups is 1. The van der Waals surface area contributed by atoms with Crippen molar-refractivity contribution in [1.29, 1.82) is 0 Å². The minimum atomic E-state index is -4.55. The molecular formula is C21H13F3IN3OS. The number of thiophene rings is 1. The highest BCUT2D eigenvalue weighted by Gasteiger charge is 2.35. The second-order valence-electron chi connectivity index (χ2n) is 6.31. The van der Waals surface area contributed by atoms with Crippen molar-refractivity contribution in [3.05, 3.63) is 86.9 Å². The third-order valence-corrected chi connectivity index (χ3v) is 5.86. The Morgan fingerprint density at radius 3 is 2.33 bits per heavy atom. The van der Waals surface area contributed by atoms with Crippen molar-refractivity contribution < 1.29 is 18.0 Å². The Hall–Kier alpha value is -2.66. The van der Waals surface area contributed by atoms with E-state index in [2.05, 4.69) is 33.0 Å². The third kappa shape index (κ3) is 4.41. The number of rotatable bonds is 4. The molecule has 4 aromatic rings. The number of anilines is 1. The van der Waals surface area contributed by atoms with Gasteiger partial charge in [-0.2, -0.15) is 18.3 Å².